The zero-order valence-electron chi connectivity index (χ0n) is 10.6. The van der Waals surface area contributed by atoms with Crippen molar-refractivity contribution in [2.75, 3.05) is 46.6 Å². The van der Waals surface area contributed by atoms with Crippen LogP contribution in [0.15, 0.2) is 0 Å². The molecule has 1 heterocycles. The van der Waals surface area contributed by atoms with Crippen molar-refractivity contribution < 1.29 is 9.47 Å². The van der Waals surface area contributed by atoms with Gasteiger partial charge in [-0.2, -0.15) is 0 Å². The quantitative estimate of drug-likeness (QED) is 0.719. The lowest BCUT2D eigenvalue weighted by molar-refractivity contribution is 0.0593. The molecule has 1 saturated carbocycles. The van der Waals surface area contributed by atoms with Gasteiger partial charge in [-0.25, -0.2) is 0 Å². The third-order valence-corrected chi connectivity index (χ3v) is 3.97. The van der Waals surface area contributed by atoms with Crippen molar-refractivity contribution in [3.8, 4) is 0 Å². The number of hydrogen-bond acceptors (Lipinski definition) is 4. The lowest BCUT2D eigenvalue weighted by Crippen LogP contribution is -2.31. The Balaban J connectivity index is 0.00000144. The Labute approximate surface area is 110 Å². The Morgan fingerprint density at radius 3 is 2.71 bits per heavy atom. The molecule has 5 heteroatoms. The van der Waals surface area contributed by atoms with Gasteiger partial charge in [-0.1, -0.05) is 0 Å². The van der Waals surface area contributed by atoms with Crippen molar-refractivity contribution in [1.29, 1.82) is 0 Å². The molecule has 1 saturated heterocycles. The zero-order chi connectivity index (χ0) is 11.4. The van der Waals surface area contributed by atoms with E-state index in [2.05, 4.69) is 4.90 Å². The van der Waals surface area contributed by atoms with E-state index in [0.717, 1.165) is 25.0 Å². The van der Waals surface area contributed by atoms with Crippen LogP contribution in [0.1, 0.15) is 12.8 Å². The van der Waals surface area contributed by atoms with E-state index in [9.17, 15) is 0 Å². The highest BCUT2D eigenvalue weighted by Crippen LogP contribution is 2.36. The summed E-state index contributed by atoms with van der Waals surface area (Å²) in [7, 11) is 1.70. The minimum Gasteiger partial charge on any atom is -0.382 e. The highest BCUT2D eigenvalue weighted by atomic mass is 35.5. The number of ether oxygens (including phenoxy) is 2. The van der Waals surface area contributed by atoms with Gasteiger partial charge in [-0.3, -0.25) is 0 Å². The van der Waals surface area contributed by atoms with E-state index < -0.39 is 0 Å². The third-order valence-electron chi connectivity index (χ3n) is 3.97. The summed E-state index contributed by atoms with van der Waals surface area (Å²) in [5, 5.41) is 0. The molecule has 3 unspecified atom stereocenters. The van der Waals surface area contributed by atoms with Crippen molar-refractivity contribution in [2.45, 2.75) is 18.9 Å². The zero-order valence-corrected chi connectivity index (χ0v) is 11.5. The van der Waals surface area contributed by atoms with Crippen molar-refractivity contribution in [3.05, 3.63) is 0 Å². The summed E-state index contributed by atoms with van der Waals surface area (Å²) in [6, 6.07) is 0.449. The lowest BCUT2D eigenvalue weighted by atomic mass is 9.98. The third kappa shape index (κ3) is 4.07. The molecule has 3 atom stereocenters. The fraction of sp³-hybridized carbons (Fsp3) is 1.00. The second-order valence-electron chi connectivity index (χ2n) is 5.03. The highest BCUT2D eigenvalue weighted by molar-refractivity contribution is 5.85. The first kappa shape index (κ1) is 15.2. The minimum atomic E-state index is 0. The smallest absolute Gasteiger partial charge is 0.0700 e. The number of nitrogens with zero attached hydrogens (tertiary/aromatic N) is 1. The standard InChI is InChI=1S/C12H24N2O2.ClH/c1-15-6-7-16-5-4-14-8-10-2-3-12(13)11(10)9-14;/h10-12H,2-9,13H2,1H3;1H. The molecule has 0 amide bonds. The van der Waals surface area contributed by atoms with Crippen molar-refractivity contribution in [2.24, 2.45) is 17.6 Å². The molecule has 102 valence electrons. The van der Waals surface area contributed by atoms with Crippen LogP contribution in [-0.2, 0) is 9.47 Å². The van der Waals surface area contributed by atoms with E-state index in [-0.39, 0.29) is 12.4 Å². The maximum Gasteiger partial charge on any atom is 0.0700 e. The molecule has 1 aliphatic heterocycles. The van der Waals surface area contributed by atoms with E-state index in [1.165, 1.54) is 25.9 Å². The second-order valence-corrected chi connectivity index (χ2v) is 5.03. The van der Waals surface area contributed by atoms with Gasteiger partial charge in [0.2, 0.25) is 0 Å². The van der Waals surface area contributed by atoms with Gasteiger partial charge in [0.1, 0.15) is 0 Å². The molecular formula is C12H25ClN2O2. The van der Waals surface area contributed by atoms with Crippen LogP contribution in [0.4, 0.5) is 0 Å². The van der Waals surface area contributed by atoms with Crippen LogP contribution in [0.3, 0.4) is 0 Å². The van der Waals surface area contributed by atoms with Crippen molar-refractivity contribution >= 4 is 12.4 Å². The summed E-state index contributed by atoms with van der Waals surface area (Å²) in [5.41, 5.74) is 6.10. The molecule has 2 N–H and O–H groups in total. The Hall–Kier alpha value is 0.130. The Morgan fingerprint density at radius 2 is 2.00 bits per heavy atom. The number of halogens is 1. The van der Waals surface area contributed by atoms with Crippen LogP contribution in [0, 0.1) is 11.8 Å². The monoisotopic (exact) mass is 264 g/mol. The number of fused-ring (bicyclic) bond motifs is 1. The summed E-state index contributed by atoms with van der Waals surface area (Å²) < 4.78 is 10.4. The van der Waals surface area contributed by atoms with Crippen LogP contribution in [0.5, 0.6) is 0 Å². The molecule has 2 fully saturated rings. The maximum absolute atomic E-state index is 6.10. The largest absolute Gasteiger partial charge is 0.382 e. The van der Waals surface area contributed by atoms with Gasteiger partial charge in [0.15, 0.2) is 0 Å². The molecule has 1 aliphatic carbocycles. The second kappa shape index (κ2) is 7.54. The first-order valence-electron chi connectivity index (χ1n) is 6.36. The lowest BCUT2D eigenvalue weighted by Gasteiger charge is -2.18. The number of nitrogens with two attached hydrogens (primary N) is 1. The van der Waals surface area contributed by atoms with Crippen LogP contribution >= 0.6 is 12.4 Å². The molecule has 17 heavy (non-hydrogen) atoms. The summed E-state index contributed by atoms with van der Waals surface area (Å²) >= 11 is 0. The number of methoxy groups -OCH3 is 1. The summed E-state index contributed by atoms with van der Waals surface area (Å²) in [4.78, 5) is 2.50. The summed E-state index contributed by atoms with van der Waals surface area (Å²) in [6.07, 6.45) is 2.56. The average molecular weight is 265 g/mol. The molecule has 0 aromatic heterocycles. The number of rotatable bonds is 6. The molecule has 0 radical (unpaired) electrons. The summed E-state index contributed by atoms with van der Waals surface area (Å²) in [6.45, 7) is 5.67. The molecule has 2 aliphatic rings. The predicted octanol–water partition coefficient (Wildman–Crippen LogP) is 0.740. The van der Waals surface area contributed by atoms with Crippen molar-refractivity contribution in [1.82, 2.24) is 4.90 Å². The highest BCUT2D eigenvalue weighted by Gasteiger charge is 2.40. The number of likely N-dealkylation sites (tertiary alicyclic amines) is 1. The van der Waals surface area contributed by atoms with Gasteiger partial charge in [-0.05, 0) is 24.7 Å². The molecule has 0 aromatic rings. The topological polar surface area (TPSA) is 47.7 Å². The van der Waals surface area contributed by atoms with Crippen molar-refractivity contribution in [3.63, 3.8) is 0 Å². The van der Waals surface area contributed by atoms with E-state index in [4.69, 9.17) is 15.2 Å². The minimum absolute atomic E-state index is 0. The van der Waals surface area contributed by atoms with Crippen LogP contribution in [-0.4, -0.2) is 57.5 Å². The molecule has 0 bridgehead atoms. The fourth-order valence-electron chi connectivity index (χ4n) is 3.02. The van der Waals surface area contributed by atoms with Gasteiger partial charge in [0.25, 0.3) is 0 Å². The van der Waals surface area contributed by atoms with Gasteiger partial charge >= 0.3 is 0 Å². The molecule has 2 rings (SSSR count). The Bertz CT molecular complexity index is 219. The Morgan fingerprint density at radius 1 is 1.18 bits per heavy atom. The van der Waals surface area contributed by atoms with E-state index >= 15 is 0 Å². The Kier molecular flexibility index (Phi) is 6.74. The first-order chi connectivity index (χ1) is 7.81. The first-order valence-corrected chi connectivity index (χ1v) is 6.36. The van der Waals surface area contributed by atoms with Gasteiger partial charge < -0.3 is 20.1 Å². The van der Waals surface area contributed by atoms with E-state index in [1.807, 2.05) is 0 Å². The molecule has 0 aromatic carbocycles. The van der Waals surface area contributed by atoms with Gasteiger partial charge in [-0.15, -0.1) is 12.4 Å². The van der Waals surface area contributed by atoms with E-state index in [0.29, 0.717) is 19.3 Å². The van der Waals surface area contributed by atoms with Crippen LogP contribution in [0.25, 0.3) is 0 Å². The predicted molar refractivity (Wildman–Crippen MR) is 70.6 cm³/mol. The average Bonchev–Trinajstić information content (AvgIpc) is 2.81. The normalized spacial score (nSPS) is 32.5. The number of hydrogen-bond donors (Lipinski definition) is 1. The van der Waals surface area contributed by atoms with Gasteiger partial charge in [0.05, 0.1) is 19.8 Å². The summed E-state index contributed by atoms with van der Waals surface area (Å²) in [5.74, 6) is 1.60. The fourth-order valence-corrected chi connectivity index (χ4v) is 3.02. The molecule has 4 nitrogen and oxygen atoms in total. The SMILES string of the molecule is COCCOCCN1CC2CCC(N)C2C1.Cl. The van der Waals surface area contributed by atoms with Crippen LogP contribution in [0.2, 0.25) is 0 Å². The van der Waals surface area contributed by atoms with Crippen LogP contribution < -0.4 is 5.73 Å². The maximum atomic E-state index is 6.10. The molecule has 0 spiro atoms. The molecular weight excluding hydrogens is 240 g/mol. The van der Waals surface area contributed by atoms with Gasteiger partial charge in [0, 0.05) is 32.8 Å². The van der Waals surface area contributed by atoms with E-state index in [1.54, 1.807) is 7.11 Å².